The molecule has 31 heavy (non-hydrogen) atoms. The van der Waals surface area contributed by atoms with E-state index < -0.39 is 0 Å². The summed E-state index contributed by atoms with van der Waals surface area (Å²) in [6, 6.07) is 10.4. The quantitative estimate of drug-likeness (QED) is 0.398. The van der Waals surface area contributed by atoms with E-state index in [0.717, 1.165) is 61.9 Å². The van der Waals surface area contributed by atoms with E-state index in [1.807, 2.05) is 30.3 Å². The second-order valence-corrected chi connectivity index (χ2v) is 9.28. The van der Waals surface area contributed by atoms with Crippen LogP contribution in [0.5, 0.6) is 0 Å². The predicted octanol–water partition coefficient (Wildman–Crippen LogP) is 4.60. The number of furan rings is 1. The molecule has 0 bridgehead atoms. The molecule has 1 aliphatic carbocycles. The molecule has 6 nitrogen and oxygen atoms in total. The van der Waals surface area contributed by atoms with Gasteiger partial charge in [0.15, 0.2) is 10.9 Å². The Morgan fingerprint density at radius 2 is 1.81 bits per heavy atom. The van der Waals surface area contributed by atoms with Crippen molar-refractivity contribution in [2.75, 3.05) is 19.6 Å². The summed E-state index contributed by atoms with van der Waals surface area (Å²) in [5.41, 5.74) is 1.72. The summed E-state index contributed by atoms with van der Waals surface area (Å²) in [6.07, 6.45) is 7.76. The molecule has 2 aliphatic rings. The van der Waals surface area contributed by atoms with Crippen molar-refractivity contribution < 1.29 is 9.21 Å². The molecule has 7 heteroatoms. The number of aromatic nitrogens is 2. The summed E-state index contributed by atoms with van der Waals surface area (Å²) >= 11 is 1.54. The minimum Gasteiger partial charge on any atom is -0.451 e. The summed E-state index contributed by atoms with van der Waals surface area (Å²) in [5.74, 6) is 1.15. The maximum absolute atomic E-state index is 13.9. The van der Waals surface area contributed by atoms with Crippen LogP contribution in [0, 0.1) is 0 Å². The lowest BCUT2D eigenvalue weighted by Gasteiger charge is -2.38. The highest BCUT2D eigenvalue weighted by atomic mass is 32.2. The average molecular weight is 437 g/mol. The van der Waals surface area contributed by atoms with Gasteiger partial charge in [0.2, 0.25) is 0 Å². The van der Waals surface area contributed by atoms with Crippen molar-refractivity contribution in [3.05, 3.63) is 54.0 Å². The SMILES string of the molecule is CCN1CCC(N(C(=O)c2oc3ccccc3c2CSc2ncccn2)C2CC2)CC1. The number of hydrogen-bond donors (Lipinski definition) is 0. The largest absolute Gasteiger partial charge is 0.451 e. The zero-order chi connectivity index (χ0) is 21.2. The number of carbonyl (C=O) groups is 1. The minimum absolute atomic E-state index is 0.0539. The van der Waals surface area contributed by atoms with Gasteiger partial charge in [-0.25, -0.2) is 9.97 Å². The number of fused-ring (bicyclic) bond motifs is 1. The van der Waals surface area contributed by atoms with Crippen LogP contribution < -0.4 is 0 Å². The molecule has 1 amide bonds. The van der Waals surface area contributed by atoms with E-state index in [2.05, 4.69) is 26.7 Å². The van der Waals surface area contributed by atoms with Crippen LogP contribution in [0.2, 0.25) is 0 Å². The van der Waals surface area contributed by atoms with Crippen molar-refractivity contribution in [3.63, 3.8) is 0 Å². The van der Waals surface area contributed by atoms with Crippen molar-refractivity contribution in [1.82, 2.24) is 19.8 Å². The molecule has 3 aromatic rings. The Hall–Kier alpha value is -2.38. The average Bonchev–Trinajstić information content (AvgIpc) is 3.58. The van der Waals surface area contributed by atoms with Gasteiger partial charge in [0.05, 0.1) is 0 Å². The topological polar surface area (TPSA) is 62.5 Å². The van der Waals surface area contributed by atoms with E-state index in [1.165, 1.54) is 11.8 Å². The first kappa shape index (κ1) is 20.5. The third kappa shape index (κ3) is 4.34. The van der Waals surface area contributed by atoms with Crippen molar-refractivity contribution in [1.29, 1.82) is 0 Å². The second-order valence-electron chi connectivity index (χ2n) is 8.33. The Morgan fingerprint density at radius 1 is 1.10 bits per heavy atom. The molecule has 0 radical (unpaired) electrons. The van der Waals surface area contributed by atoms with Gasteiger partial charge in [-0.05, 0) is 44.4 Å². The zero-order valence-corrected chi connectivity index (χ0v) is 18.7. The first-order chi connectivity index (χ1) is 15.2. The molecule has 0 spiro atoms. The summed E-state index contributed by atoms with van der Waals surface area (Å²) in [7, 11) is 0. The molecule has 0 N–H and O–H groups in total. The fourth-order valence-electron chi connectivity index (χ4n) is 4.53. The van der Waals surface area contributed by atoms with Gasteiger partial charge in [-0.2, -0.15) is 0 Å². The molecule has 3 heterocycles. The van der Waals surface area contributed by atoms with Crippen LogP contribution >= 0.6 is 11.8 Å². The third-order valence-corrected chi connectivity index (χ3v) is 7.25. The summed E-state index contributed by atoms with van der Waals surface area (Å²) in [5, 5.41) is 1.71. The Morgan fingerprint density at radius 3 is 2.52 bits per heavy atom. The van der Waals surface area contributed by atoms with E-state index in [9.17, 15) is 4.79 Å². The van der Waals surface area contributed by atoms with Crippen LogP contribution in [-0.2, 0) is 5.75 Å². The maximum atomic E-state index is 13.9. The fraction of sp³-hybridized carbons (Fsp3) is 0.458. The number of rotatable bonds is 7. The number of benzene rings is 1. The molecule has 1 saturated carbocycles. The monoisotopic (exact) mass is 436 g/mol. The first-order valence-corrected chi connectivity index (χ1v) is 12.2. The van der Waals surface area contributed by atoms with Crippen LogP contribution in [0.25, 0.3) is 11.0 Å². The highest BCUT2D eigenvalue weighted by molar-refractivity contribution is 7.98. The second kappa shape index (κ2) is 9.01. The maximum Gasteiger partial charge on any atom is 0.290 e. The van der Waals surface area contributed by atoms with Crippen LogP contribution in [0.15, 0.2) is 52.3 Å². The van der Waals surface area contributed by atoms with Crippen molar-refractivity contribution >= 4 is 28.6 Å². The van der Waals surface area contributed by atoms with E-state index in [-0.39, 0.29) is 5.91 Å². The zero-order valence-electron chi connectivity index (χ0n) is 17.9. The first-order valence-electron chi connectivity index (χ1n) is 11.2. The molecule has 0 atom stereocenters. The van der Waals surface area contributed by atoms with Gasteiger partial charge in [0, 0.05) is 54.3 Å². The van der Waals surface area contributed by atoms with Crippen molar-refractivity contribution in [2.24, 2.45) is 0 Å². The smallest absolute Gasteiger partial charge is 0.290 e. The summed E-state index contributed by atoms with van der Waals surface area (Å²) in [6.45, 7) is 5.41. The predicted molar refractivity (Wildman–Crippen MR) is 122 cm³/mol. The normalized spacial score (nSPS) is 17.8. The highest BCUT2D eigenvalue weighted by Crippen LogP contribution is 2.37. The fourth-order valence-corrected chi connectivity index (χ4v) is 5.36. The number of thioether (sulfide) groups is 1. The van der Waals surface area contributed by atoms with Gasteiger partial charge in [-0.1, -0.05) is 36.9 Å². The standard InChI is InChI=1S/C24H28N4O2S/c1-2-27-14-10-18(11-15-27)28(17-8-9-17)23(29)22-20(16-31-24-25-12-5-13-26-24)19-6-3-4-7-21(19)30-22/h3-7,12-13,17-18H,2,8-11,14-16H2,1H3. The molecule has 162 valence electrons. The Kier molecular flexibility index (Phi) is 5.96. The van der Waals surface area contributed by atoms with Crippen LogP contribution in [0.1, 0.15) is 48.7 Å². The lowest BCUT2D eigenvalue weighted by atomic mass is 10.0. The van der Waals surface area contributed by atoms with E-state index in [1.54, 1.807) is 12.4 Å². The van der Waals surface area contributed by atoms with Crippen LogP contribution in [-0.4, -0.2) is 57.4 Å². The Labute approximate surface area is 187 Å². The van der Waals surface area contributed by atoms with Gasteiger partial charge in [-0.15, -0.1) is 0 Å². The molecule has 2 aromatic heterocycles. The third-order valence-electron chi connectivity index (χ3n) is 6.35. The lowest BCUT2D eigenvalue weighted by Crippen LogP contribution is -2.48. The van der Waals surface area contributed by atoms with Crippen LogP contribution in [0.4, 0.5) is 0 Å². The number of nitrogens with zero attached hydrogens (tertiary/aromatic N) is 4. The Balaban J connectivity index is 1.44. The van der Waals surface area contributed by atoms with Gasteiger partial charge in [0.1, 0.15) is 5.58 Å². The van der Waals surface area contributed by atoms with E-state index in [0.29, 0.717) is 28.8 Å². The van der Waals surface area contributed by atoms with Crippen LogP contribution in [0.3, 0.4) is 0 Å². The summed E-state index contributed by atoms with van der Waals surface area (Å²) in [4.78, 5) is 27.1. The number of para-hydroxylation sites is 1. The van der Waals surface area contributed by atoms with Crippen molar-refractivity contribution in [3.8, 4) is 0 Å². The van der Waals surface area contributed by atoms with E-state index >= 15 is 0 Å². The van der Waals surface area contributed by atoms with E-state index in [4.69, 9.17) is 4.42 Å². The molecule has 1 saturated heterocycles. The van der Waals surface area contributed by atoms with Gasteiger partial charge in [0.25, 0.3) is 5.91 Å². The number of carbonyl (C=O) groups excluding carboxylic acids is 1. The number of piperidine rings is 1. The Bertz CT molecular complexity index is 1040. The molecule has 1 aromatic carbocycles. The molecule has 0 unspecified atom stereocenters. The van der Waals surface area contributed by atoms with Gasteiger partial charge >= 0.3 is 0 Å². The molecule has 2 fully saturated rings. The molecule has 5 rings (SSSR count). The number of amides is 1. The highest BCUT2D eigenvalue weighted by Gasteiger charge is 2.40. The summed E-state index contributed by atoms with van der Waals surface area (Å²) < 4.78 is 6.19. The molecular weight excluding hydrogens is 408 g/mol. The van der Waals surface area contributed by atoms with Gasteiger partial charge < -0.3 is 14.2 Å². The minimum atomic E-state index is 0.0539. The number of likely N-dealkylation sites (tertiary alicyclic amines) is 1. The lowest BCUT2D eigenvalue weighted by molar-refractivity contribution is 0.0525. The van der Waals surface area contributed by atoms with Gasteiger partial charge in [-0.3, -0.25) is 4.79 Å². The molecule has 1 aliphatic heterocycles. The van der Waals surface area contributed by atoms with Crippen molar-refractivity contribution in [2.45, 2.75) is 55.6 Å². The number of hydrogen-bond acceptors (Lipinski definition) is 6. The molecular formula is C24H28N4O2S.